The molecule has 0 fully saturated rings. The molecule has 0 saturated heterocycles. The molecule has 6 heteroatoms. The third-order valence-corrected chi connectivity index (χ3v) is 4.60. The number of hydrogen-bond donors (Lipinski definition) is 2. The summed E-state index contributed by atoms with van der Waals surface area (Å²) in [6, 6.07) is 11.9. The molecular weight excluding hydrogens is 314 g/mol. The summed E-state index contributed by atoms with van der Waals surface area (Å²) >= 11 is 0. The van der Waals surface area contributed by atoms with Crippen molar-refractivity contribution in [1.29, 1.82) is 0 Å². The van der Waals surface area contributed by atoms with E-state index in [-0.39, 0.29) is 11.8 Å². The molecule has 0 spiro atoms. The van der Waals surface area contributed by atoms with E-state index >= 15 is 0 Å². The van der Waals surface area contributed by atoms with Gasteiger partial charge in [-0.1, -0.05) is 30.7 Å². The van der Waals surface area contributed by atoms with Gasteiger partial charge in [0, 0.05) is 18.0 Å². The van der Waals surface area contributed by atoms with Gasteiger partial charge >= 0.3 is 0 Å². The third-order valence-electron chi connectivity index (χ3n) is 4.60. The molecule has 0 bridgehead atoms. The van der Waals surface area contributed by atoms with Crippen LogP contribution in [-0.4, -0.2) is 26.1 Å². The molecule has 0 radical (unpaired) electrons. The SMILES string of the molecule is O=C(Nc1nc(-c2ccncc2)n[nH]1)C1CCCCc2ccccc21. The Kier molecular flexibility index (Phi) is 4.24. The van der Waals surface area contributed by atoms with Crippen LogP contribution in [0.1, 0.15) is 36.3 Å². The molecule has 4 rings (SSSR count). The van der Waals surface area contributed by atoms with Gasteiger partial charge in [-0.25, -0.2) is 5.10 Å². The molecule has 2 N–H and O–H groups in total. The van der Waals surface area contributed by atoms with Gasteiger partial charge in [0.05, 0.1) is 5.92 Å². The van der Waals surface area contributed by atoms with Crippen molar-refractivity contribution in [1.82, 2.24) is 20.2 Å². The van der Waals surface area contributed by atoms with Crippen LogP contribution in [0.5, 0.6) is 0 Å². The number of rotatable bonds is 3. The Bertz CT molecular complexity index is 874. The van der Waals surface area contributed by atoms with Crippen molar-refractivity contribution in [2.45, 2.75) is 31.6 Å². The van der Waals surface area contributed by atoms with E-state index in [1.54, 1.807) is 12.4 Å². The van der Waals surface area contributed by atoms with Crippen molar-refractivity contribution in [2.24, 2.45) is 0 Å². The Morgan fingerprint density at radius 1 is 1.12 bits per heavy atom. The average Bonchev–Trinajstić information content (AvgIpc) is 3.00. The number of anilines is 1. The van der Waals surface area contributed by atoms with Gasteiger partial charge in [0.1, 0.15) is 0 Å². The van der Waals surface area contributed by atoms with Crippen molar-refractivity contribution in [3.63, 3.8) is 0 Å². The predicted molar refractivity (Wildman–Crippen MR) is 95.0 cm³/mol. The van der Waals surface area contributed by atoms with E-state index in [9.17, 15) is 4.79 Å². The Morgan fingerprint density at radius 3 is 2.84 bits per heavy atom. The highest BCUT2D eigenvalue weighted by molar-refractivity contribution is 5.94. The van der Waals surface area contributed by atoms with E-state index in [0.717, 1.165) is 36.8 Å². The summed E-state index contributed by atoms with van der Waals surface area (Å²) in [5.41, 5.74) is 3.26. The van der Waals surface area contributed by atoms with Crippen LogP contribution in [0.25, 0.3) is 11.4 Å². The van der Waals surface area contributed by atoms with Crippen LogP contribution in [0.2, 0.25) is 0 Å². The second kappa shape index (κ2) is 6.84. The molecule has 126 valence electrons. The summed E-state index contributed by atoms with van der Waals surface area (Å²) in [5.74, 6) is 0.734. The number of aromatic amines is 1. The number of H-pyrrole nitrogens is 1. The molecule has 0 aliphatic heterocycles. The summed E-state index contributed by atoms with van der Waals surface area (Å²) in [6.07, 6.45) is 7.43. The molecule has 1 aliphatic carbocycles. The first-order chi connectivity index (χ1) is 12.3. The predicted octanol–water partition coefficient (Wildman–Crippen LogP) is 3.32. The van der Waals surface area contributed by atoms with Gasteiger partial charge in [-0.05, 0) is 42.5 Å². The van der Waals surface area contributed by atoms with Gasteiger partial charge in [0.15, 0.2) is 5.82 Å². The number of hydrogen-bond acceptors (Lipinski definition) is 4. The molecule has 1 aromatic carbocycles. The number of benzene rings is 1. The number of carbonyl (C=O) groups is 1. The minimum atomic E-state index is -0.145. The number of amides is 1. The summed E-state index contributed by atoms with van der Waals surface area (Å²) in [5, 5.41) is 9.86. The monoisotopic (exact) mass is 333 g/mol. The van der Waals surface area contributed by atoms with Crippen LogP contribution in [0.4, 0.5) is 5.95 Å². The summed E-state index contributed by atoms with van der Waals surface area (Å²) in [4.78, 5) is 21.2. The molecule has 2 heterocycles. The van der Waals surface area contributed by atoms with E-state index in [0.29, 0.717) is 11.8 Å². The lowest BCUT2D eigenvalue weighted by Crippen LogP contribution is -2.22. The maximum Gasteiger partial charge on any atom is 0.234 e. The average molecular weight is 333 g/mol. The molecule has 25 heavy (non-hydrogen) atoms. The number of fused-ring (bicyclic) bond motifs is 1. The molecule has 1 aliphatic rings. The van der Waals surface area contributed by atoms with Crippen molar-refractivity contribution < 1.29 is 4.79 Å². The topological polar surface area (TPSA) is 83.6 Å². The zero-order valence-electron chi connectivity index (χ0n) is 13.8. The number of nitrogens with zero attached hydrogens (tertiary/aromatic N) is 3. The van der Waals surface area contributed by atoms with Gasteiger partial charge in [-0.15, -0.1) is 0 Å². The van der Waals surface area contributed by atoms with Gasteiger partial charge in [0.25, 0.3) is 0 Å². The number of pyridine rings is 1. The fraction of sp³-hybridized carbons (Fsp3) is 0.263. The Morgan fingerprint density at radius 2 is 1.96 bits per heavy atom. The minimum Gasteiger partial charge on any atom is -0.294 e. The quantitative estimate of drug-likeness (QED) is 0.720. The van der Waals surface area contributed by atoms with Crippen LogP contribution in [0, 0.1) is 0 Å². The largest absolute Gasteiger partial charge is 0.294 e. The molecule has 2 aromatic heterocycles. The van der Waals surface area contributed by atoms with E-state index in [4.69, 9.17) is 0 Å². The van der Waals surface area contributed by atoms with Gasteiger partial charge in [0.2, 0.25) is 11.9 Å². The summed E-state index contributed by atoms with van der Waals surface area (Å²) in [7, 11) is 0. The highest BCUT2D eigenvalue weighted by Crippen LogP contribution is 2.31. The molecule has 6 nitrogen and oxygen atoms in total. The summed E-state index contributed by atoms with van der Waals surface area (Å²) in [6.45, 7) is 0. The lowest BCUT2D eigenvalue weighted by atomic mass is 9.92. The Hall–Kier alpha value is -3.02. The first-order valence-electron chi connectivity index (χ1n) is 8.53. The zero-order valence-corrected chi connectivity index (χ0v) is 13.8. The van der Waals surface area contributed by atoms with Gasteiger partial charge in [-0.3, -0.25) is 15.1 Å². The first-order valence-corrected chi connectivity index (χ1v) is 8.53. The highest BCUT2D eigenvalue weighted by atomic mass is 16.2. The molecule has 0 saturated carbocycles. The van der Waals surface area contributed by atoms with Crippen LogP contribution in [-0.2, 0) is 11.2 Å². The van der Waals surface area contributed by atoms with Crippen molar-refractivity contribution >= 4 is 11.9 Å². The lowest BCUT2D eigenvalue weighted by Gasteiger charge is -2.16. The Balaban J connectivity index is 1.54. The second-order valence-corrected chi connectivity index (χ2v) is 6.23. The molecular formula is C19H19N5O. The standard InChI is InChI=1S/C19H19N5O/c25-18(16-8-4-2-6-13-5-1-3-7-15(13)16)22-19-21-17(23-24-19)14-9-11-20-12-10-14/h1,3,5,7,9-12,16H,2,4,6,8H2,(H2,21,22,23,24,25). The number of aromatic nitrogens is 4. The van der Waals surface area contributed by atoms with E-state index in [2.05, 4.69) is 37.6 Å². The smallest absolute Gasteiger partial charge is 0.234 e. The number of nitrogens with one attached hydrogen (secondary N) is 2. The second-order valence-electron chi connectivity index (χ2n) is 6.23. The fourth-order valence-electron chi connectivity index (χ4n) is 3.35. The first kappa shape index (κ1) is 15.5. The summed E-state index contributed by atoms with van der Waals surface area (Å²) < 4.78 is 0. The van der Waals surface area contributed by atoms with Crippen molar-refractivity contribution in [2.75, 3.05) is 5.32 Å². The van der Waals surface area contributed by atoms with Crippen molar-refractivity contribution in [3.8, 4) is 11.4 Å². The Labute approximate surface area is 145 Å². The molecule has 1 unspecified atom stereocenters. The van der Waals surface area contributed by atoms with Crippen LogP contribution in [0.3, 0.4) is 0 Å². The highest BCUT2D eigenvalue weighted by Gasteiger charge is 2.25. The van der Waals surface area contributed by atoms with Gasteiger partial charge < -0.3 is 0 Å². The van der Waals surface area contributed by atoms with E-state index < -0.39 is 0 Å². The van der Waals surface area contributed by atoms with Crippen LogP contribution < -0.4 is 5.32 Å². The molecule has 1 amide bonds. The lowest BCUT2D eigenvalue weighted by molar-refractivity contribution is -0.117. The molecule has 1 atom stereocenters. The normalized spacial score (nSPS) is 16.7. The zero-order chi connectivity index (χ0) is 17.1. The minimum absolute atomic E-state index is 0.0354. The van der Waals surface area contributed by atoms with Crippen molar-refractivity contribution in [3.05, 3.63) is 59.9 Å². The van der Waals surface area contributed by atoms with E-state index in [1.165, 1.54) is 5.56 Å². The number of aryl methyl sites for hydroxylation is 1. The third kappa shape index (κ3) is 3.28. The number of carbonyl (C=O) groups excluding carboxylic acids is 1. The molecule has 3 aromatic rings. The van der Waals surface area contributed by atoms with Crippen LogP contribution in [0.15, 0.2) is 48.8 Å². The maximum atomic E-state index is 12.8. The van der Waals surface area contributed by atoms with Gasteiger partial charge in [-0.2, -0.15) is 10.1 Å². The van der Waals surface area contributed by atoms with Crippen LogP contribution >= 0.6 is 0 Å². The fourth-order valence-corrected chi connectivity index (χ4v) is 3.35. The maximum absolute atomic E-state index is 12.8. The van der Waals surface area contributed by atoms with E-state index in [1.807, 2.05) is 24.3 Å².